The van der Waals surface area contributed by atoms with E-state index in [-0.39, 0.29) is 18.0 Å². The normalized spacial score (nSPS) is 11.1. The molecular weight excluding hydrogens is 241 g/mol. The van der Waals surface area contributed by atoms with Crippen LogP contribution in [0.15, 0.2) is 12.1 Å². The van der Waals surface area contributed by atoms with Crippen molar-refractivity contribution in [2.75, 3.05) is 12.3 Å². The molecule has 2 N–H and O–H groups in total. The Bertz CT molecular complexity index is 420. The summed E-state index contributed by atoms with van der Waals surface area (Å²) in [7, 11) is 0. The van der Waals surface area contributed by atoms with Crippen LogP contribution in [0.25, 0.3) is 0 Å². The predicted molar refractivity (Wildman–Crippen MR) is 51.3 cm³/mol. The zero-order valence-corrected chi connectivity index (χ0v) is 8.75. The summed E-state index contributed by atoms with van der Waals surface area (Å²) in [6.07, 6.45) is -4.92. The highest BCUT2D eigenvalue weighted by molar-refractivity contribution is 5.87. The average molecular weight is 250 g/mol. The highest BCUT2D eigenvalue weighted by Gasteiger charge is 2.33. The van der Waals surface area contributed by atoms with E-state index >= 15 is 0 Å². The van der Waals surface area contributed by atoms with Gasteiger partial charge in [-0.05, 0) is 19.1 Å². The van der Waals surface area contributed by atoms with Gasteiger partial charge < -0.3 is 15.2 Å². The molecule has 0 amide bonds. The van der Waals surface area contributed by atoms with E-state index in [4.69, 9.17) is 5.73 Å². The number of ether oxygens (including phenoxy) is 2. The third kappa shape index (κ3) is 3.82. The fourth-order valence-electron chi connectivity index (χ4n) is 0.961. The van der Waals surface area contributed by atoms with Crippen molar-refractivity contribution >= 4 is 11.7 Å². The van der Waals surface area contributed by atoms with Crippen LogP contribution in [0.3, 0.4) is 0 Å². The molecule has 1 aromatic rings. The molecule has 0 unspecified atom stereocenters. The number of hydrogen-bond donors (Lipinski definition) is 1. The third-order valence-corrected chi connectivity index (χ3v) is 1.59. The van der Waals surface area contributed by atoms with E-state index in [9.17, 15) is 18.0 Å². The Morgan fingerprint density at radius 3 is 2.65 bits per heavy atom. The van der Waals surface area contributed by atoms with Gasteiger partial charge in [-0.25, -0.2) is 9.78 Å². The summed E-state index contributed by atoms with van der Waals surface area (Å²) in [4.78, 5) is 14.5. The van der Waals surface area contributed by atoms with E-state index < -0.39 is 18.2 Å². The molecule has 0 aliphatic rings. The first-order valence-electron chi connectivity index (χ1n) is 4.53. The maximum absolute atomic E-state index is 12.0. The summed E-state index contributed by atoms with van der Waals surface area (Å²) in [6.45, 7) is 1.64. The standard InChI is InChI=1S/C9H9F3N2O3/c1-2-16-8(15)6-4-3-5(13)7(14-6)17-9(10,11)12/h3-4H,2,13H2,1H3. The maximum atomic E-state index is 12.0. The summed E-state index contributed by atoms with van der Waals surface area (Å²) in [5.41, 5.74) is 4.60. The fraction of sp³-hybridized carbons (Fsp3) is 0.333. The SMILES string of the molecule is CCOC(=O)c1ccc(N)c(OC(F)(F)F)n1. The van der Waals surface area contributed by atoms with Crippen LogP contribution in [0.4, 0.5) is 18.9 Å². The van der Waals surface area contributed by atoms with Gasteiger partial charge in [0.15, 0.2) is 5.69 Å². The monoisotopic (exact) mass is 250 g/mol. The van der Waals surface area contributed by atoms with Crippen LogP contribution in [-0.4, -0.2) is 23.9 Å². The molecule has 0 atom stereocenters. The number of nitrogen functional groups attached to an aromatic ring is 1. The lowest BCUT2D eigenvalue weighted by molar-refractivity contribution is -0.275. The third-order valence-electron chi connectivity index (χ3n) is 1.59. The van der Waals surface area contributed by atoms with Crippen molar-refractivity contribution in [2.45, 2.75) is 13.3 Å². The topological polar surface area (TPSA) is 74.4 Å². The summed E-state index contributed by atoms with van der Waals surface area (Å²) in [5, 5.41) is 0. The van der Waals surface area contributed by atoms with Crippen LogP contribution >= 0.6 is 0 Å². The highest BCUT2D eigenvalue weighted by Crippen LogP contribution is 2.26. The lowest BCUT2D eigenvalue weighted by Crippen LogP contribution is -2.20. The van der Waals surface area contributed by atoms with Crippen molar-refractivity contribution < 1.29 is 27.4 Å². The maximum Gasteiger partial charge on any atom is 0.574 e. The quantitative estimate of drug-likeness (QED) is 0.827. The molecule has 0 saturated carbocycles. The van der Waals surface area contributed by atoms with Crippen LogP contribution in [0.2, 0.25) is 0 Å². The van der Waals surface area contributed by atoms with Crippen LogP contribution in [0.5, 0.6) is 5.88 Å². The number of halogens is 3. The average Bonchev–Trinajstić information content (AvgIpc) is 2.19. The first-order chi connectivity index (χ1) is 7.83. The molecule has 0 aliphatic heterocycles. The predicted octanol–water partition coefficient (Wildman–Crippen LogP) is 1.74. The highest BCUT2D eigenvalue weighted by atomic mass is 19.4. The van der Waals surface area contributed by atoms with E-state index in [1.807, 2.05) is 0 Å². The second-order valence-corrected chi connectivity index (χ2v) is 2.86. The van der Waals surface area contributed by atoms with Crippen LogP contribution in [0, 0.1) is 0 Å². The molecule has 0 aliphatic carbocycles. The number of alkyl halides is 3. The van der Waals surface area contributed by atoms with Gasteiger partial charge in [0.25, 0.3) is 0 Å². The Labute approximate surface area is 94.3 Å². The Morgan fingerprint density at radius 1 is 1.47 bits per heavy atom. The fourth-order valence-corrected chi connectivity index (χ4v) is 0.961. The molecule has 5 nitrogen and oxygen atoms in total. The lowest BCUT2D eigenvalue weighted by atomic mass is 10.3. The summed E-state index contributed by atoms with van der Waals surface area (Å²) in [5.74, 6) is -1.72. The van der Waals surface area contributed by atoms with Crippen molar-refractivity contribution in [3.05, 3.63) is 17.8 Å². The number of anilines is 1. The minimum atomic E-state index is -4.92. The van der Waals surface area contributed by atoms with Gasteiger partial charge in [0.2, 0.25) is 5.88 Å². The Balaban J connectivity index is 2.98. The molecule has 1 heterocycles. The summed E-state index contributed by atoms with van der Waals surface area (Å²) < 4.78 is 44.0. The van der Waals surface area contributed by atoms with Crippen molar-refractivity contribution in [3.8, 4) is 5.88 Å². The number of aromatic nitrogens is 1. The van der Waals surface area contributed by atoms with E-state index in [0.29, 0.717) is 0 Å². The Kier molecular flexibility index (Phi) is 3.77. The van der Waals surface area contributed by atoms with Crippen LogP contribution in [0.1, 0.15) is 17.4 Å². The lowest BCUT2D eigenvalue weighted by Gasteiger charge is -2.10. The minimum Gasteiger partial charge on any atom is -0.461 e. The smallest absolute Gasteiger partial charge is 0.461 e. The first-order valence-corrected chi connectivity index (χ1v) is 4.53. The molecular formula is C9H9F3N2O3. The van der Waals surface area contributed by atoms with Crippen molar-refractivity contribution in [1.29, 1.82) is 0 Å². The zero-order chi connectivity index (χ0) is 13.1. The van der Waals surface area contributed by atoms with Crippen molar-refractivity contribution in [1.82, 2.24) is 4.98 Å². The van der Waals surface area contributed by atoms with Gasteiger partial charge in [-0.2, -0.15) is 0 Å². The molecule has 0 bridgehead atoms. The number of nitrogens with two attached hydrogens (primary N) is 1. The number of rotatable bonds is 3. The van der Waals surface area contributed by atoms with Gasteiger partial charge in [-0.1, -0.05) is 0 Å². The molecule has 0 aromatic carbocycles. The molecule has 0 spiro atoms. The Morgan fingerprint density at radius 2 is 2.12 bits per heavy atom. The number of carbonyl (C=O) groups is 1. The van der Waals surface area contributed by atoms with Crippen molar-refractivity contribution in [3.63, 3.8) is 0 Å². The van der Waals surface area contributed by atoms with Gasteiger partial charge >= 0.3 is 12.3 Å². The van der Waals surface area contributed by atoms with Gasteiger partial charge in [-0.15, -0.1) is 13.2 Å². The van der Waals surface area contributed by atoms with Gasteiger partial charge in [0.05, 0.1) is 12.3 Å². The van der Waals surface area contributed by atoms with Crippen molar-refractivity contribution in [2.24, 2.45) is 0 Å². The second kappa shape index (κ2) is 4.89. The molecule has 0 radical (unpaired) electrons. The number of nitrogens with zero attached hydrogens (tertiary/aromatic N) is 1. The van der Waals surface area contributed by atoms with E-state index in [2.05, 4.69) is 14.5 Å². The summed E-state index contributed by atoms with van der Waals surface area (Å²) >= 11 is 0. The van der Waals surface area contributed by atoms with Gasteiger partial charge in [0, 0.05) is 0 Å². The van der Waals surface area contributed by atoms with Gasteiger partial charge in [0.1, 0.15) is 0 Å². The minimum absolute atomic E-state index is 0.0837. The summed E-state index contributed by atoms with van der Waals surface area (Å²) in [6, 6.07) is 2.23. The molecule has 8 heteroatoms. The van der Waals surface area contributed by atoms with Gasteiger partial charge in [-0.3, -0.25) is 0 Å². The van der Waals surface area contributed by atoms with Crippen LogP contribution < -0.4 is 10.5 Å². The molecule has 0 saturated heterocycles. The molecule has 94 valence electrons. The number of hydrogen-bond acceptors (Lipinski definition) is 5. The number of carbonyl (C=O) groups excluding carboxylic acids is 1. The van der Waals surface area contributed by atoms with E-state index in [1.165, 1.54) is 0 Å². The molecule has 0 fully saturated rings. The first kappa shape index (κ1) is 13.1. The van der Waals surface area contributed by atoms with Crippen LogP contribution in [-0.2, 0) is 4.74 Å². The second-order valence-electron chi connectivity index (χ2n) is 2.86. The van der Waals surface area contributed by atoms with E-state index in [1.54, 1.807) is 6.92 Å². The molecule has 17 heavy (non-hydrogen) atoms. The molecule has 1 rings (SSSR count). The largest absolute Gasteiger partial charge is 0.574 e. The molecule has 1 aromatic heterocycles. The Hall–Kier alpha value is -1.99. The number of pyridine rings is 1. The van der Waals surface area contributed by atoms with E-state index in [0.717, 1.165) is 12.1 Å². The zero-order valence-electron chi connectivity index (χ0n) is 8.75. The number of esters is 1.